The van der Waals surface area contributed by atoms with Gasteiger partial charge in [0.05, 0.1) is 0 Å². The molecule has 1 heterocycles. The maximum absolute atomic E-state index is 8.49. The predicted octanol–water partition coefficient (Wildman–Crippen LogP) is -1.65. The minimum atomic E-state index is -4.94. The molecule has 0 saturated heterocycles. The highest BCUT2D eigenvalue weighted by Crippen LogP contribution is 2.23. The lowest BCUT2D eigenvalue weighted by Gasteiger charge is -2.21. The Morgan fingerprint density at radius 3 is 1.25 bits per heavy atom. The molecule has 0 aromatic carbocycles. The van der Waals surface area contributed by atoms with E-state index in [1.54, 1.807) is 0 Å². The number of nitrogens with zero attached hydrogens (tertiary/aromatic N) is 1. The number of pyridine rings is 1. The van der Waals surface area contributed by atoms with Crippen LogP contribution in [0.3, 0.4) is 0 Å². The average Bonchev–Trinajstić information content (AvgIpc) is 2.11. The smallest absolute Gasteiger partial charge is 0.186 e. The lowest BCUT2D eigenvalue weighted by Crippen LogP contribution is -2.68. The van der Waals surface area contributed by atoms with Gasteiger partial charge in [-0.3, -0.25) is 0 Å². The van der Waals surface area contributed by atoms with Gasteiger partial charge < -0.3 is 0 Å². The summed E-state index contributed by atoms with van der Waals surface area (Å²) < 4.78 is 36.3. The van der Waals surface area contributed by atoms with E-state index in [2.05, 4.69) is 71.4 Å². The van der Waals surface area contributed by atoms with Crippen molar-refractivity contribution in [3.63, 3.8) is 0 Å². The van der Waals surface area contributed by atoms with Crippen LogP contribution in [0.4, 0.5) is 0 Å². The maximum Gasteiger partial charge on any atom is 0.186 e. The van der Waals surface area contributed by atoms with E-state index in [0.29, 0.717) is 0 Å². The maximum atomic E-state index is 8.49. The highest BCUT2D eigenvalue weighted by atomic mass is 35.7. The Morgan fingerprint density at radius 1 is 0.800 bits per heavy atom. The van der Waals surface area contributed by atoms with Crippen LogP contribution in [-0.2, 0) is 17.9 Å². The number of hydrogen-bond donors (Lipinski definition) is 0. The van der Waals surface area contributed by atoms with E-state index in [4.69, 9.17) is 18.6 Å². The number of aromatic nitrogens is 1. The molecule has 0 spiro atoms. The molecule has 116 valence electrons. The van der Waals surface area contributed by atoms with Crippen LogP contribution < -0.4 is 23.2 Å². The van der Waals surface area contributed by atoms with Gasteiger partial charge in [-0.2, -0.15) is 0 Å². The van der Waals surface area contributed by atoms with E-state index in [1.165, 1.54) is 11.4 Å². The van der Waals surface area contributed by atoms with E-state index in [9.17, 15) is 0 Å². The predicted molar refractivity (Wildman–Crippen MR) is 65.0 cm³/mol. The lowest BCUT2D eigenvalue weighted by atomic mass is 9.87. The van der Waals surface area contributed by atoms with Gasteiger partial charge in [-0.05, 0) is 6.07 Å². The van der Waals surface area contributed by atoms with Gasteiger partial charge in [-0.15, -0.1) is 10.2 Å². The number of hydrogen-bond acceptors (Lipinski definition) is 4. The third-order valence-electron chi connectivity index (χ3n) is 2.77. The molecule has 20 heavy (non-hydrogen) atoms. The van der Waals surface area contributed by atoms with Crippen LogP contribution in [0.15, 0.2) is 18.2 Å². The molecule has 1 aromatic heterocycles. The summed E-state index contributed by atoms with van der Waals surface area (Å²) in [5.41, 5.74) is 3.18. The van der Waals surface area contributed by atoms with Crippen molar-refractivity contribution in [3.05, 3.63) is 29.6 Å². The molecule has 1 rings (SSSR count). The van der Waals surface area contributed by atoms with Crippen LogP contribution in [-0.4, -0.2) is 0 Å². The molecule has 0 bridgehead atoms. The molecule has 0 N–H and O–H groups in total. The van der Waals surface area contributed by atoms with Gasteiger partial charge in [0, 0.05) is 23.0 Å². The largest absolute Gasteiger partial charge is 0.222 e. The second-order valence-electron chi connectivity index (χ2n) is 6.73. The van der Waals surface area contributed by atoms with Crippen molar-refractivity contribution in [2.75, 3.05) is 0 Å². The molecular formula is C14H24ClNO4. The fraction of sp³-hybridized carbons (Fsp3) is 0.643. The summed E-state index contributed by atoms with van der Waals surface area (Å²) in [6.45, 7) is 13.6. The highest BCUT2D eigenvalue weighted by molar-refractivity contribution is 5.14. The molecule has 0 aliphatic carbocycles. The topological polar surface area (TPSA) is 96.1 Å². The van der Waals surface area contributed by atoms with Crippen molar-refractivity contribution in [1.29, 1.82) is 0 Å². The van der Waals surface area contributed by atoms with Crippen LogP contribution in [0.5, 0.6) is 0 Å². The molecule has 0 fully saturated rings. The SMILES string of the molecule is C[n+]1c(C(C)(C)C)cccc1C(C)(C)C.[O-][Cl+3]([O-])([O-])[O-]. The van der Waals surface area contributed by atoms with Crippen LogP contribution in [0.1, 0.15) is 52.9 Å². The Morgan fingerprint density at radius 2 is 1.05 bits per heavy atom. The van der Waals surface area contributed by atoms with Crippen LogP contribution in [0.2, 0.25) is 0 Å². The van der Waals surface area contributed by atoms with Crippen molar-refractivity contribution >= 4 is 0 Å². The summed E-state index contributed by atoms with van der Waals surface area (Å²) in [6.07, 6.45) is 0. The summed E-state index contributed by atoms with van der Waals surface area (Å²) in [4.78, 5) is 0. The zero-order chi connectivity index (χ0) is 16.4. The summed E-state index contributed by atoms with van der Waals surface area (Å²) in [6, 6.07) is 6.60. The van der Waals surface area contributed by atoms with Gasteiger partial charge in [0.2, 0.25) is 0 Å². The first-order chi connectivity index (χ1) is 8.64. The van der Waals surface area contributed by atoms with E-state index in [0.717, 1.165) is 0 Å². The number of halogens is 1. The minimum Gasteiger partial charge on any atom is -0.222 e. The Hall–Kier alpha value is -0.720. The fourth-order valence-electron chi connectivity index (χ4n) is 2.09. The van der Waals surface area contributed by atoms with Gasteiger partial charge in [-0.25, -0.2) is 23.2 Å². The van der Waals surface area contributed by atoms with Crippen LogP contribution in [0.25, 0.3) is 0 Å². The van der Waals surface area contributed by atoms with Crippen LogP contribution in [0, 0.1) is 10.2 Å². The Kier molecular flexibility index (Phi) is 6.14. The standard InChI is InChI=1S/C14H24N.ClHO4/c1-13(2,3)11-9-8-10-12(15(11)7)14(4,5)6;2-1(3,4)5/h8-10H,1-7H3;(H,2,3,4,5)/q+1;/p-1. The quantitative estimate of drug-likeness (QED) is 0.536. The summed E-state index contributed by atoms with van der Waals surface area (Å²) in [7, 11) is -2.78. The monoisotopic (exact) mass is 305 g/mol. The molecule has 0 aliphatic rings. The molecule has 0 unspecified atom stereocenters. The Balaban J connectivity index is 0.000000621. The molecule has 0 amide bonds. The molecule has 0 radical (unpaired) electrons. The first kappa shape index (κ1) is 19.3. The second kappa shape index (κ2) is 6.37. The van der Waals surface area contributed by atoms with Gasteiger partial charge in [0.15, 0.2) is 11.4 Å². The van der Waals surface area contributed by atoms with Crippen molar-refractivity contribution in [2.24, 2.45) is 7.05 Å². The van der Waals surface area contributed by atoms with Crippen molar-refractivity contribution in [3.8, 4) is 0 Å². The Bertz CT molecular complexity index is 404. The van der Waals surface area contributed by atoms with Crippen LogP contribution >= 0.6 is 0 Å². The van der Waals surface area contributed by atoms with E-state index in [1.807, 2.05) is 0 Å². The molecular weight excluding hydrogens is 282 g/mol. The molecule has 5 nitrogen and oxygen atoms in total. The molecule has 0 atom stereocenters. The van der Waals surface area contributed by atoms with Crippen molar-refractivity contribution in [2.45, 2.75) is 52.4 Å². The third-order valence-corrected chi connectivity index (χ3v) is 2.77. The molecule has 6 heteroatoms. The molecule has 0 saturated carbocycles. The average molecular weight is 306 g/mol. The van der Waals surface area contributed by atoms with E-state index in [-0.39, 0.29) is 10.8 Å². The normalized spacial score (nSPS) is 12.8. The first-order valence-corrected chi connectivity index (χ1v) is 7.49. The highest BCUT2D eigenvalue weighted by Gasteiger charge is 2.29. The van der Waals surface area contributed by atoms with Crippen molar-refractivity contribution < 1.29 is 33.4 Å². The summed E-state index contributed by atoms with van der Waals surface area (Å²) >= 11 is 0. The first-order valence-electron chi connectivity index (χ1n) is 6.26. The zero-order valence-electron chi connectivity index (χ0n) is 13.2. The van der Waals surface area contributed by atoms with Gasteiger partial charge in [0.25, 0.3) is 0 Å². The van der Waals surface area contributed by atoms with Gasteiger partial charge >= 0.3 is 0 Å². The van der Waals surface area contributed by atoms with E-state index < -0.39 is 10.2 Å². The summed E-state index contributed by atoms with van der Waals surface area (Å²) in [5, 5.41) is 0. The summed E-state index contributed by atoms with van der Waals surface area (Å²) in [5.74, 6) is 0. The van der Waals surface area contributed by atoms with Crippen molar-refractivity contribution in [1.82, 2.24) is 0 Å². The Labute approximate surface area is 123 Å². The lowest BCUT2D eigenvalue weighted by molar-refractivity contribution is -2.00. The van der Waals surface area contributed by atoms with Gasteiger partial charge in [0.1, 0.15) is 7.05 Å². The molecule has 1 aromatic rings. The third kappa shape index (κ3) is 7.17. The zero-order valence-corrected chi connectivity index (χ0v) is 13.9. The fourth-order valence-corrected chi connectivity index (χ4v) is 2.09. The van der Waals surface area contributed by atoms with E-state index >= 15 is 0 Å². The molecule has 0 aliphatic heterocycles. The minimum absolute atomic E-state index is 0.204. The number of rotatable bonds is 0. The van der Waals surface area contributed by atoms with Gasteiger partial charge in [-0.1, -0.05) is 41.5 Å². The second-order valence-corrected chi connectivity index (χ2v) is 7.49.